The van der Waals surface area contributed by atoms with E-state index in [0.717, 1.165) is 48.4 Å². The second-order valence-electron chi connectivity index (χ2n) is 6.91. The molecule has 134 valence electrons. The first-order valence-electron chi connectivity index (χ1n) is 8.95. The third-order valence-electron chi connectivity index (χ3n) is 4.93. The van der Waals surface area contributed by atoms with Crippen molar-refractivity contribution in [2.75, 3.05) is 10.6 Å². The van der Waals surface area contributed by atoms with Crippen LogP contribution in [-0.4, -0.2) is 30.5 Å². The average Bonchev–Trinajstić information content (AvgIpc) is 3.26. The summed E-state index contributed by atoms with van der Waals surface area (Å²) in [5, 5.41) is 16.5. The van der Waals surface area contributed by atoms with Gasteiger partial charge in [0.15, 0.2) is 0 Å². The first kappa shape index (κ1) is 16.4. The Labute approximate surface area is 151 Å². The monoisotopic (exact) mass is 350 g/mol. The Morgan fingerprint density at radius 1 is 1.31 bits per heavy atom. The molecule has 1 aliphatic rings. The van der Waals surface area contributed by atoms with Crippen molar-refractivity contribution in [2.45, 2.75) is 38.1 Å². The lowest BCUT2D eigenvalue weighted by Gasteiger charge is -2.27. The maximum absolute atomic E-state index is 8.85. The normalized spacial score (nSPS) is 20.0. The third kappa shape index (κ3) is 3.47. The number of nitrogens with one attached hydrogen (secondary N) is 3. The molecule has 0 amide bonds. The van der Waals surface area contributed by atoms with Gasteiger partial charge in [0.2, 0.25) is 5.95 Å². The fraction of sp³-hybridized carbons (Fsp3) is 0.444. The SMILES string of the molecule is Cn1cnc(Nc2nc(N[C@H]3CC[C@H](CC#N)CC3)nc3[nH]ccc23)c1. The Kier molecular flexibility index (Phi) is 4.44. The van der Waals surface area contributed by atoms with Gasteiger partial charge in [-0.15, -0.1) is 0 Å². The Morgan fingerprint density at radius 3 is 2.88 bits per heavy atom. The predicted molar refractivity (Wildman–Crippen MR) is 100.0 cm³/mol. The Morgan fingerprint density at radius 2 is 2.15 bits per heavy atom. The highest BCUT2D eigenvalue weighted by molar-refractivity contribution is 5.89. The summed E-state index contributed by atoms with van der Waals surface area (Å²) in [4.78, 5) is 16.7. The zero-order valence-electron chi connectivity index (χ0n) is 14.7. The number of aromatic nitrogens is 5. The number of imidazole rings is 1. The van der Waals surface area contributed by atoms with Crippen LogP contribution < -0.4 is 10.6 Å². The Bertz CT molecular complexity index is 926. The highest BCUT2D eigenvalue weighted by atomic mass is 15.2. The molecular formula is C18H22N8. The van der Waals surface area contributed by atoms with E-state index in [1.165, 1.54) is 0 Å². The van der Waals surface area contributed by atoms with E-state index in [4.69, 9.17) is 5.26 Å². The molecule has 3 heterocycles. The quantitative estimate of drug-likeness (QED) is 0.651. The minimum absolute atomic E-state index is 0.347. The molecule has 0 unspecified atom stereocenters. The molecule has 1 aliphatic carbocycles. The number of fused-ring (bicyclic) bond motifs is 1. The van der Waals surface area contributed by atoms with E-state index < -0.39 is 0 Å². The fourth-order valence-corrected chi connectivity index (χ4v) is 3.52. The smallest absolute Gasteiger partial charge is 0.226 e. The van der Waals surface area contributed by atoms with Crippen molar-refractivity contribution in [3.8, 4) is 6.07 Å². The summed E-state index contributed by atoms with van der Waals surface area (Å²) in [6, 6.07) is 4.59. The minimum Gasteiger partial charge on any atom is -0.351 e. The van der Waals surface area contributed by atoms with Crippen LogP contribution in [0.2, 0.25) is 0 Å². The average molecular weight is 350 g/mol. The minimum atomic E-state index is 0.347. The first-order chi connectivity index (χ1) is 12.7. The van der Waals surface area contributed by atoms with Crippen molar-refractivity contribution in [3.05, 3.63) is 24.8 Å². The molecule has 3 N–H and O–H groups in total. The molecule has 3 aromatic heterocycles. The second-order valence-corrected chi connectivity index (χ2v) is 6.91. The predicted octanol–water partition coefficient (Wildman–Crippen LogP) is 3.32. The van der Waals surface area contributed by atoms with Gasteiger partial charge in [-0.1, -0.05) is 0 Å². The van der Waals surface area contributed by atoms with Crippen LogP contribution in [0.4, 0.5) is 17.6 Å². The summed E-state index contributed by atoms with van der Waals surface area (Å²) in [7, 11) is 1.93. The zero-order chi connectivity index (χ0) is 17.9. The van der Waals surface area contributed by atoms with Gasteiger partial charge in [-0.2, -0.15) is 15.2 Å². The van der Waals surface area contributed by atoms with Gasteiger partial charge < -0.3 is 20.2 Å². The summed E-state index contributed by atoms with van der Waals surface area (Å²) in [5.41, 5.74) is 0.791. The second kappa shape index (κ2) is 7.04. The molecule has 26 heavy (non-hydrogen) atoms. The van der Waals surface area contributed by atoms with Crippen molar-refractivity contribution in [2.24, 2.45) is 13.0 Å². The molecule has 3 aromatic rings. The van der Waals surface area contributed by atoms with Crippen LogP contribution in [0.1, 0.15) is 32.1 Å². The Hall–Kier alpha value is -3.08. The summed E-state index contributed by atoms with van der Waals surface area (Å²) in [5.74, 6) is 2.63. The van der Waals surface area contributed by atoms with E-state index in [1.54, 1.807) is 6.33 Å². The number of aromatic amines is 1. The van der Waals surface area contributed by atoms with Gasteiger partial charge in [-0.05, 0) is 37.7 Å². The molecule has 1 fully saturated rings. The summed E-state index contributed by atoms with van der Waals surface area (Å²) < 4.78 is 1.89. The van der Waals surface area contributed by atoms with E-state index >= 15 is 0 Å². The van der Waals surface area contributed by atoms with Gasteiger partial charge in [0.1, 0.15) is 17.3 Å². The van der Waals surface area contributed by atoms with Gasteiger partial charge in [0.05, 0.1) is 17.8 Å². The highest BCUT2D eigenvalue weighted by Gasteiger charge is 2.22. The van der Waals surface area contributed by atoms with Gasteiger partial charge in [-0.3, -0.25) is 0 Å². The molecule has 0 radical (unpaired) electrons. The lowest BCUT2D eigenvalue weighted by Crippen LogP contribution is -2.27. The van der Waals surface area contributed by atoms with Crippen molar-refractivity contribution in [1.29, 1.82) is 5.26 Å². The maximum atomic E-state index is 8.85. The van der Waals surface area contributed by atoms with Crippen LogP contribution in [0.5, 0.6) is 0 Å². The van der Waals surface area contributed by atoms with Gasteiger partial charge >= 0.3 is 0 Å². The van der Waals surface area contributed by atoms with E-state index in [1.807, 2.05) is 30.1 Å². The number of anilines is 3. The molecule has 0 spiro atoms. The largest absolute Gasteiger partial charge is 0.351 e. The van der Waals surface area contributed by atoms with Gasteiger partial charge in [-0.25, -0.2) is 4.98 Å². The standard InChI is InChI=1S/C18H22N8/c1-26-10-15(21-11-26)23-17-14-7-9-20-16(14)24-18(25-17)22-13-4-2-12(3-5-13)6-8-19/h7,9-13H,2-6H2,1H3,(H3,20,22,23,24,25)/t12-,13-. The van der Waals surface area contributed by atoms with Gasteiger partial charge in [0.25, 0.3) is 0 Å². The molecule has 1 saturated carbocycles. The molecule has 0 atom stereocenters. The molecule has 0 bridgehead atoms. The number of hydrogen-bond donors (Lipinski definition) is 3. The van der Waals surface area contributed by atoms with E-state index in [0.29, 0.717) is 24.3 Å². The van der Waals surface area contributed by atoms with E-state index in [2.05, 4.69) is 36.6 Å². The van der Waals surface area contributed by atoms with E-state index in [9.17, 15) is 0 Å². The topological polar surface area (TPSA) is 107 Å². The summed E-state index contributed by atoms with van der Waals surface area (Å²) >= 11 is 0. The lowest BCUT2D eigenvalue weighted by molar-refractivity contribution is 0.342. The van der Waals surface area contributed by atoms with Crippen LogP contribution in [0.3, 0.4) is 0 Å². The molecular weight excluding hydrogens is 328 g/mol. The number of hydrogen-bond acceptors (Lipinski definition) is 6. The molecule has 0 aliphatic heterocycles. The third-order valence-corrected chi connectivity index (χ3v) is 4.93. The zero-order valence-corrected chi connectivity index (χ0v) is 14.7. The van der Waals surface area contributed by atoms with Crippen LogP contribution in [-0.2, 0) is 7.05 Å². The molecule has 8 nitrogen and oxygen atoms in total. The summed E-state index contributed by atoms with van der Waals surface area (Å²) in [6.07, 6.45) is 10.4. The molecule has 4 rings (SSSR count). The fourth-order valence-electron chi connectivity index (χ4n) is 3.52. The number of aryl methyl sites for hydroxylation is 1. The van der Waals surface area contributed by atoms with Crippen LogP contribution in [0.15, 0.2) is 24.8 Å². The summed E-state index contributed by atoms with van der Waals surface area (Å²) in [6.45, 7) is 0. The molecule has 0 aromatic carbocycles. The van der Waals surface area contributed by atoms with Crippen molar-refractivity contribution in [1.82, 2.24) is 24.5 Å². The van der Waals surface area contributed by atoms with Crippen LogP contribution in [0, 0.1) is 17.2 Å². The maximum Gasteiger partial charge on any atom is 0.226 e. The Balaban J connectivity index is 1.52. The first-order valence-corrected chi connectivity index (χ1v) is 8.95. The number of nitrogens with zero attached hydrogens (tertiary/aromatic N) is 5. The van der Waals surface area contributed by atoms with Crippen molar-refractivity contribution in [3.63, 3.8) is 0 Å². The number of H-pyrrole nitrogens is 1. The molecule has 8 heteroatoms. The lowest BCUT2D eigenvalue weighted by atomic mass is 9.84. The van der Waals surface area contributed by atoms with E-state index in [-0.39, 0.29) is 0 Å². The van der Waals surface area contributed by atoms with Crippen LogP contribution in [0.25, 0.3) is 11.0 Å². The highest BCUT2D eigenvalue weighted by Crippen LogP contribution is 2.29. The van der Waals surface area contributed by atoms with Crippen LogP contribution >= 0.6 is 0 Å². The van der Waals surface area contributed by atoms with Crippen molar-refractivity contribution < 1.29 is 0 Å². The number of rotatable bonds is 5. The molecule has 0 saturated heterocycles. The number of nitriles is 1. The van der Waals surface area contributed by atoms with Gasteiger partial charge in [0, 0.05) is 31.9 Å². The van der Waals surface area contributed by atoms with Crippen molar-refractivity contribution >= 4 is 28.6 Å².